The smallest absolute Gasteiger partial charge is 0.330 e. The van der Waals surface area contributed by atoms with Crippen molar-refractivity contribution in [3.63, 3.8) is 0 Å². The molecule has 0 aliphatic carbocycles. The number of carbonyl (C=O) groups excluding carboxylic acids is 1. The summed E-state index contributed by atoms with van der Waals surface area (Å²) in [5, 5.41) is 9.11. The summed E-state index contributed by atoms with van der Waals surface area (Å²) in [4.78, 5) is 11.0. The van der Waals surface area contributed by atoms with Gasteiger partial charge in [-0.2, -0.15) is 0 Å². The zero-order valence-corrected chi connectivity index (χ0v) is 13.8. The molecule has 1 rings (SSSR count). The standard InChI is InChI=1S/C18H26O4/c1-13(12-19)11-14(2)15(3)22-17-8-5-16(6-9-17)7-10-18(20)21-4/h5-10,13-15,19H,11-12H2,1-4H3/b10-7+. The summed E-state index contributed by atoms with van der Waals surface area (Å²) in [6.07, 6.45) is 4.09. The Labute approximate surface area is 132 Å². The molecule has 3 unspecified atom stereocenters. The fourth-order valence-electron chi connectivity index (χ4n) is 2.12. The van der Waals surface area contributed by atoms with Crippen molar-refractivity contribution in [1.29, 1.82) is 0 Å². The first-order chi connectivity index (χ1) is 10.5. The summed E-state index contributed by atoms with van der Waals surface area (Å²) in [6, 6.07) is 7.55. The molecule has 0 saturated carbocycles. The lowest BCUT2D eigenvalue weighted by Gasteiger charge is -2.23. The SMILES string of the molecule is COC(=O)/C=C/c1ccc(OC(C)C(C)CC(C)CO)cc1. The van der Waals surface area contributed by atoms with Crippen LogP contribution in [-0.2, 0) is 9.53 Å². The Morgan fingerprint density at radius 2 is 1.86 bits per heavy atom. The minimum atomic E-state index is -0.374. The number of esters is 1. The molecule has 0 bridgehead atoms. The highest BCUT2D eigenvalue weighted by Gasteiger charge is 2.16. The van der Waals surface area contributed by atoms with E-state index in [0.717, 1.165) is 17.7 Å². The Morgan fingerprint density at radius 1 is 1.23 bits per heavy atom. The van der Waals surface area contributed by atoms with Gasteiger partial charge in [0.2, 0.25) is 0 Å². The van der Waals surface area contributed by atoms with Crippen molar-refractivity contribution in [2.24, 2.45) is 11.8 Å². The van der Waals surface area contributed by atoms with Gasteiger partial charge >= 0.3 is 5.97 Å². The molecule has 1 N–H and O–H groups in total. The van der Waals surface area contributed by atoms with Gasteiger partial charge in [-0.25, -0.2) is 4.79 Å². The number of hydrogen-bond acceptors (Lipinski definition) is 4. The average Bonchev–Trinajstić information content (AvgIpc) is 2.53. The van der Waals surface area contributed by atoms with Gasteiger partial charge in [-0.05, 0) is 49.0 Å². The number of aliphatic hydroxyl groups is 1. The Kier molecular flexibility index (Phi) is 7.67. The van der Waals surface area contributed by atoms with Crippen LogP contribution in [0, 0.1) is 11.8 Å². The average molecular weight is 306 g/mol. The maximum Gasteiger partial charge on any atom is 0.330 e. The zero-order valence-electron chi connectivity index (χ0n) is 13.8. The lowest BCUT2D eigenvalue weighted by molar-refractivity contribution is -0.134. The fraction of sp³-hybridized carbons (Fsp3) is 0.500. The van der Waals surface area contributed by atoms with Crippen LogP contribution in [0.1, 0.15) is 32.8 Å². The first-order valence-corrected chi connectivity index (χ1v) is 7.59. The predicted octanol–water partition coefficient (Wildman–Crippen LogP) is 3.29. The van der Waals surface area contributed by atoms with E-state index in [1.54, 1.807) is 6.08 Å². The molecule has 122 valence electrons. The third-order valence-electron chi connectivity index (χ3n) is 3.70. The van der Waals surface area contributed by atoms with Crippen molar-refractivity contribution >= 4 is 12.0 Å². The normalized spacial score (nSPS) is 15.3. The van der Waals surface area contributed by atoms with Crippen LogP contribution in [0.15, 0.2) is 30.3 Å². The first kappa shape index (κ1) is 18.2. The maximum atomic E-state index is 11.0. The number of benzene rings is 1. The molecule has 0 amide bonds. The van der Waals surface area contributed by atoms with Crippen molar-refractivity contribution in [3.8, 4) is 5.75 Å². The van der Waals surface area contributed by atoms with Crippen molar-refractivity contribution < 1.29 is 19.4 Å². The number of rotatable bonds is 8. The predicted molar refractivity (Wildman–Crippen MR) is 87.6 cm³/mol. The minimum Gasteiger partial charge on any atom is -0.490 e. The highest BCUT2D eigenvalue weighted by molar-refractivity contribution is 5.86. The monoisotopic (exact) mass is 306 g/mol. The number of carbonyl (C=O) groups is 1. The van der Waals surface area contributed by atoms with Crippen molar-refractivity contribution in [2.45, 2.75) is 33.3 Å². The van der Waals surface area contributed by atoms with Crippen molar-refractivity contribution in [3.05, 3.63) is 35.9 Å². The van der Waals surface area contributed by atoms with E-state index in [2.05, 4.69) is 11.7 Å². The van der Waals surface area contributed by atoms with E-state index < -0.39 is 0 Å². The van der Waals surface area contributed by atoms with Crippen molar-refractivity contribution in [1.82, 2.24) is 0 Å². The summed E-state index contributed by atoms with van der Waals surface area (Å²) in [6.45, 7) is 6.41. The molecule has 0 saturated heterocycles. The minimum absolute atomic E-state index is 0.0745. The fourth-order valence-corrected chi connectivity index (χ4v) is 2.12. The van der Waals surface area contributed by atoms with Gasteiger partial charge < -0.3 is 14.6 Å². The second-order valence-corrected chi connectivity index (χ2v) is 5.75. The number of hydrogen-bond donors (Lipinski definition) is 1. The molecule has 0 radical (unpaired) electrons. The second-order valence-electron chi connectivity index (χ2n) is 5.75. The summed E-state index contributed by atoms with van der Waals surface area (Å²) in [5.41, 5.74) is 0.910. The molecule has 0 aliphatic rings. The molecule has 1 aromatic rings. The van der Waals surface area contributed by atoms with Gasteiger partial charge in [0.1, 0.15) is 5.75 Å². The maximum absolute atomic E-state index is 11.0. The molecule has 4 heteroatoms. The lowest BCUT2D eigenvalue weighted by atomic mass is 9.94. The largest absolute Gasteiger partial charge is 0.490 e. The Hall–Kier alpha value is -1.81. The van der Waals surface area contributed by atoms with Crippen LogP contribution >= 0.6 is 0 Å². The molecular formula is C18H26O4. The van der Waals surface area contributed by atoms with E-state index in [1.807, 2.05) is 38.1 Å². The molecule has 0 aromatic heterocycles. The molecule has 0 fully saturated rings. The molecular weight excluding hydrogens is 280 g/mol. The third-order valence-corrected chi connectivity index (χ3v) is 3.70. The van der Waals surface area contributed by atoms with Crippen LogP contribution in [0.25, 0.3) is 6.08 Å². The second kappa shape index (κ2) is 9.26. The number of methoxy groups -OCH3 is 1. The summed E-state index contributed by atoms with van der Waals surface area (Å²) in [5.74, 6) is 1.07. The van der Waals surface area contributed by atoms with E-state index in [9.17, 15) is 4.79 Å². The molecule has 4 nitrogen and oxygen atoms in total. The van der Waals surface area contributed by atoms with Crippen LogP contribution < -0.4 is 4.74 Å². The van der Waals surface area contributed by atoms with Crippen LogP contribution in [0.2, 0.25) is 0 Å². The van der Waals surface area contributed by atoms with E-state index in [4.69, 9.17) is 9.84 Å². The van der Waals surface area contributed by atoms with Gasteiger partial charge in [-0.3, -0.25) is 0 Å². The van der Waals surface area contributed by atoms with E-state index in [0.29, 0.717) is 5.92 Å². The zero-order chi connectivity index (χ0) is 16.5. The number of aliphatic hydroxyl groups excluding tert-OH is 1. The summed E-state index contributed by atoms with van der Waals surface area (Å²) in [7, 11) is 1.35. The van der Waals surface area contributed by atoms with Crippen LogP contribution in [0.5, 0.6) is 5.75 Å². The van der Waals surface area contributed by atoms with E-state index in [1.165, 1.54) is 13.2 Å². The molecule has 22 heavy (non-hydrogen) atoms. The topological polar surface area (TPSA) is 55.8 Å². The van der Waals surface area contributed by atoms with Crippen molar-refractivity contribution in [2.75, 3.05) is 13.7 Å². The van der Waals surface area contributed by atoms with Gasteiger partial charge in [-0.15, -0.1) is 0 Å². The van der Waals surface area contributed by atoms with Crippen LogP contribution in [0.3, 0.4) is 0 Å². The highest BCUT2D eigenvalue weighted by Crippen LogP contribution is 2.21. The molecule has 0 aliphatic heterocycles. The highest BCUT2D eigenvalue weighted by atomic mass is 16.5. The van der Waals surface area contributed by atoms with Gasteiger partial charge in [-0.1, -0.05) is 26.0 Å². The van der Waals surface area contributed by atoms with Crippen LogP contribution in [-0.4, -0.2) is 30.9 Å². The Bertz CT molecular complexity index is 478. The molecule has 1 aromatic carbocycles. The quantitative estimate of drug-likeness (QED) is 0.591. The molecule has 0 heterocycles. The first-order valence-electron chi connectivity index (χ1n) is 7.59. The Morgan fingerprint density at radius 3 is 2.41 bits per heavy atom. The molecule has 0 spiro atoms. The molecule has 3 atom stereocenters. The van der Waals surface area contributed by atoms with Gasteiger partial charge in [0.25, 0.3) is 0 Å². The van der Waals surface area contributed by atoms with Gasteiger partial charge in [0.15, 0.2) is 0 Å². The lowest BCUT2D eigenvalue weighted by Crippen LogP contribution is -2.23. The van der Waals surface area contributed by atoms with Crippen LogP contribution in [0.4, 0.5) is 0 Å². The third kappa shape index (κ3) is 6.31. The van der Waals surface area contributed by atoms with E-state index >= 15 is 0 Å². The summed E-state index contributed by atoms with van der Waals surface area (Å²) >= 11 is 0. The Balaban J connectivity index is 2.56. The van der Waals surface area contributed by atoms with Gasteiger partial charge in [0.05, 0.1) is 13.2 Å². The van der Waals surface area contributed by atoms with Gasteiger partial charge in [0, 0.05) is 12.7 Å². The number of ether oxygens (including phenoxy) is 2. The summed E-state index contributed by atoms with van der Waals surface area (Å²) < 4.78 is 10.5. The van der Waals surface area contributed by atoms with E-state index in [-0.39, 0.29) is 24.6 Å².